The van der Waals surface area contributed by atoms with Crippen LogP contribution in [0.25, 0.3) is 0 Å². The first-order valence-electron chi connectivity index (χ1n) is 5.13. The van der Waals surface area contributed by atoms with Crippen LogP contribution in [0.5, 0.6) is 0 Å². The zero-order chi connectivity index (χ0) is 9.84. The molecule has 1 amide bonds. The average molecular weight is 184 g/mol. The normalized spacial score (nSPS) is 22.8. The molecule has 1 fully saturated rings. The second-order valence-corrected chi connectivity index (χ2v) is 4.32. The Balaban J connectivity index is 2.24. The molecule has 1 aliphatic rings. The lowest BCUT2D eigenvalue weighted by Crippen LogP contribution is -2.31. The van der Waals surface area contributed by atoms with Crippen LogP contribution in [0.2, 0.25) is 0 Å². The fraction of sp³-hybridized carbons (Fsp3) is 0.900. The molecular weight excluding hydrogens is 164 g/mol. The SMILES string of the molecule is CC(C)CCC(=O)N1CC[C@@H](N)C1. The van der Waals surface area contributed by atoms with Crippen LogP contribution >= 0.6 is 0 Å². The van der Waals surface area contributed by atoms with Gasteiger partial charge in [-0.05, 0) is 18.8 Å². The smallest absolute Gasteiger partial charge is 0.222 e. The van der Waals surface area contributed by atoms with E-state index in [1.807, 2.05) is 4.90 Å². The average Bonchev–Trinajstić information content (AvgIpc) is 2.47. The first-order valence-corrected chi connectivity index (χ1v) is 5.13. The molecule has 1 atom stereocenters. The van der Waals surface area contributed by atoms with E-state index in [4.69, 9.17) is 5.73 Å². The Morgan fingerprint density at radius 2 is 2.31 bits per heavy atom. The third-order valence-corrected chi connectivity index (χ3v) is 2.51. The molecule has 0 bridgehead atoms. The molecule has 13 heavy (non-hydrogen) atoms. The Morgan fingerprint density at radius 3 is 2.77 bits per heavy atom. The molecule has 2 N–H and O–H groups in total. The van der Waals surface area contributed by atoms with Crippen LogP contribution in [-0.2, 0) is 4.79 Å². The molecule has 0 aromatic carbocycles. The van der Waals surface area contributed by atoms with Crippen LogP contribution in [0.4, 0.5) is 0 Å². The number of nitrogens with zero attached hydrogens (tertiary/aromatic N) is 1. The van der Waals surface area contributed by atoms with Crippen molar-refractivity contribution in [3.05, 3.63) is 0 Å². The molecule has 1 heterocycles. The highest BCUT2D eigenvalue weighted by atomic mass is 16.2. The minimum atomic E-state index is 0.211. The number of carbonyl (C=O) groups is 1. The largest absolute Gasteiger partial charge is 0.341 e. The van der Waals surface area contributed by atoms with Crippen molar-refractivity contribution in [3.8, 4) is 0 Å². The highest BCUT2D eigenvalue weighted by Crippen LogP contribution is 2.11. The van der Waals surface area contributed by atoms with Gasteiger partial charge in [-0.15, -0.1) is 0 Å². The standard InChI is InChI=1S/C10H20N2O/c1-8(2)3-4-10(13)12-6-5-9(11)7-12/h8-9H,3-7,11H2,1-2H3/t9-/m1/s1. The van der Waals surface area contributed by atoms with Gasteiger partial charge in [0.1, 0.15) is 0 Å². The zero-order valence-electron chi connectivity index (χ0n) is 8.62. The monoisotopic (exact) mass is 184 g/mol. The van der Waals surface area contributed by atoms with Gasteiger partial charge >= 0.3 is 0 Å². The van der Waals surface area contributed by atoms with Gasteiger partial charge in [0.25, 0.3) is 0 Å². The van der Waals surface area contributed by atoms with E-state index >= 15 is 0 Å². The summed E-state index contributed by atoms with van der Waals surface area (Å²) in [6, 6.07) is 0.211. The summed E-state index contributed by atoms with van der Waals surface area (Å²) < 4.78 is 0. The van der Waals surface area contributed by atoms with Gasteiger partial charge in [0.15, 0.2) is 0 Å². The molecule has 1 saturated heterocycles. The van der Waals surface area contributed by atoms with Crippen molar-refractivity contribution in [2.45, 2.75) is 39.2 Å². The number of carbonyl (C=O) groups excluding carboxylic acids is 1. The van der Waals surface area contributed by atoms with Crippen molar-refractivity contribution >= 4 is 5.91 Å². The van der Waals surface area contributed by atoms with Crippen molar-refractivity contribution in [2.24, 2.45) is 11.7 Å². The predicted molar refractivity (Wildman–Crippen MR) is 53.2 cm³/mol. The quantitative estimate of drug-likeness (QED) is 0.710. The molecule has 3 heteroatoms. The molecule has 0 aromatic heterocycles. The van der Waals surface area contributed by atoms with Gasteiger partial charge in [-0.2, -0.15) is 0 Å². The molecule has 3 nitrogen and oxygen atoms in total. The number of likely N-dealkylation sites (tertiary alicyclic amines) is 1. The highest BCUT2D eigenvalue weighted by molar-refractivity contribution is 5.76. The summed E-state index contributed by atoms with van der Waals surface area (Å²) in [5.41, 5.74) is 5.72. The molecule has 0 unspecified atom stereocenters. The lowest BCUT2D eigenvalue weighted by Gasteiger charge is -2.16. The van der Waals surface area contributed by atoms with E-state index in [0.717, 1.165) is 25.9 Å². The predicted octanol–water partition coefficient (Wildman–Crippen LogP) is 0.982. The van der Waals surface area contributed by atoms with Crippen LogP contribution in [0.15, 0.2) is 0 Å². The Kier molecular flexibility index (Phi) is 3.72. The fourth-order valence-electron chi connectivity index (χ4n) is 1.58. The molecule has 0 saturated carbocycles. The minimum absolute atomic E-state index is 0.211. The second kappa shape index (κ2) is 4.61. The summed E-state index contributed by atoms with van der Waals surface area (Å²) in [5, 5.41) is 0. The topological polar surface area (TPSA) is 46.3 Å². The summed E-state index contributed by atoms with van der Waals surface area (Å²) >= 11 is 0. The van der Waals surface area contributed by atoms with Gasteiger partial charge in [0, 0.05) is 25.6 Å². The first-order chi connectivity index (χ1) is 6.09. The molecule has 0 spiro atoms. The Morgan fingerprint density at radius 1 is 1.62 bits per heavy atom. The van der Waals surface area contributed by atoms with Crippen molar-refractivity contribution in [3.63, 3.8) is 0 Å². The van der Waals surface area contributed by atoms with E-state index in [9.17, 15) is 4.79 Å². The summed E-state index contributed by atoms with van der Waals surface area (Å²) in [7, 11) is 0. The number of amides is 1. The maximum atomic E-state index is 11.6. The van der Waals surface area contributed by atoms with Gasteiger partial charge in [-0.3, -0.25) is 4.79 Å². The number of hydrogen-bond acceptors (Lipinski definition) is 2. The maximum Gasteiger partial charge on any atom is 0.222 e. The molecular formula is C10H20N2O. The minimum Gasteiger partial charge on any atom is -0.341 e. The van der Waals surface area contributed by atoms with Crippen molar-refractivity contribution in [2.75, 3.05) is 13.1 Å². The Labute approximate surface area is 80.3 Å². The lowest BCUT2D eigenvalue weighted by molar-refractivity contribution is -0.130. The fourth-order valence-corrected chi connectivity index (χ4v) is 1.58. The highest BCUT2D eigenvalue weighted by Gasteiger charge is 2.22. The van der Waals surface area contributed by atoms with Gasteiger partial charge in [0.05, 0.1) is 0 Å². The summed E-state index contributed by atoms with van der Waals surface area (Å²) in [4.78, 5) is 13.5. The zero-order valence-corrected chi connectivity index (χ0v) is 8.62. The molecule has 1 rings (SSSR count). The molecule has 76 valence electrons. The molecule has 0 radical (unpaired) electrons. The Bertz CT molecular complexity index is 180. The second-order valence-electron chi connectivity index (χ2n) is 4.32. The van der Waals surface area contributed by atoms with Gasteiger partial charge in [-0.25, -0.2) is 0 Å². The third kappa shape index (κ3) is 3.35. The molecule has 1 aliphatic heterocycles. The summed E-state index contributed by atoms with van der Waals surface area (Å²) in [5.74, 6) is 0.891. The van der Waals surface area contributed by atoms with Crippen LogP contribution < -0.4 is 5.73 Å². The lowest BCUT2D eigenvalue weighted by atomic mass is 10.1. The van der Waals surface area contributed by atoms with Crippen molar-refractivity contribution in [1.29, 1.82) is 0 Å². The maximum absolute atomic E-state index is 11.6. The van der Waals surface area contributed by atoms with Crippen LogP contribution in [-0.4, -0.2) is 29.9 Å². The summed E-state index contributed by atoms with van der Waals surface area (Å²) in [6.45, 7) is 5.90. The summed E-state index contributed by atoms with van der Waals surface area (Å²) in [6.07, 6.45) is 2.64. The van der Waals surface area contributed by atoms with Gasteiger partial charge < -0.3 is 10.6 Å². The van der Waals surface area contributed by atoms with E-state index in [2.05, 4.69) is 13.8 Å². The number of rotatable bonds is 3. The van der Waals surface area contributed by atoms with E-state index in [1.165, 1.54) is 0 Å². The van der Waals surface area contributed by atoms with Crippen molar-refractivity contribution < 1.29 is 4.79 Å². The molecule has 0 aromatic rings. The van der Waals surface area contributed by atoms with Crippen molar-refractivity contribution in [1.82, 2.24) is 4.90 Å². The van der Waals surface area contributed by atoms with Gasteiger partial charge in [0.2, 0.25) is 5.91 Å². The Hall–Kier alpha value is -0.570. The van der Waals surface area contributed by atoms with Gasteiger partial charge in [-0.1, -0.05) is 13.8 Å². The molecule has 0 aliphatic carbocycles. The van der Waals surface area contributed by atoms with Crippen LogP contribution in [0.1, 0.15) is 33.1 Å². The first kappa shape index (κ1) is 10.5. The van der Waals surface area contributed by atoms with E-state index < -0.39 is 0 Å². The van der Waals surface area contributed by atoms with E-state index in [0.29, 0.717) is 12.3 Å². The number of nitrogens with two attached hydrogens (primary N) is 1. The number of hydrogen-bond donors (Lipinski definition) is 1. The van der Waals surface area contributed by atoms with E-state index in [-0.39, 0.29) is 11.9 Å². The van der Waals surface area contributed by atoms with Crippen LogP contribution in [0.3, 0.4) is 0 Å². The van der Waals surface area contributed by atoms with E-state index in [1.54, 1.807) is 0 Å². The van der Waals surface area contributed by atoms with Crippen LogP contribution in [0, 0.1) is 5.92 Å². The third-order valence-electron chi connectivity index (χ3n) is 2.51.